The SMILES string of the molecule is CNC1C(=O)N(c2ccc[nH]2)CCc2ncsc21. The Kier molecular flexibility index (Phi) is 2.89. The third-order valence-corrected chi connectivity index (χ3v) is 4.12. The molecule has 0 fully saturated rings. The lowest BCUT2D eigenvalue weighted by molar-refractivity contribution is -0.120. The monoisotopic (exact) mass is 262 g/mol. The minimum atomic E-state index is -0.293. The summed E-state index contributed by atoms with van der Waals surface area (Å²) in [6, 6.07) is 3.52. The summed E-state index contributed by atoms with van der Waals surface area (Å²) in [5, 5.41) is 3.09. The van der Waals surface area contributed by atoms with Crippen LogP contribution >= 0.6 is 11.3 Å². The summed E-state index contributed by atoms with van der Waals surface area (Å²) in [6.07, 6.45) is 2.62. The molecule has 2 aromatic rings. The van der Waals surface area contributed by atoms with Crippen molar-refractivity contribution in [2.75, 3.05) is 18.5 Å². The topological polar surface area (TPSA) is 61.0 Å². The Morgan fingerprint density at radius 2 is 2.50 bits per heavy atom. The van der Waals surface area contributed by atoms with Crippen LogP contribution < -0.4 is 10.2 Å². The van der Waals surface area contributed by atoms with Gasteiger partial charge in [-0.05, 0) is 19.2 Å². The normalized spacial score (nSPS) is 19.7. The van der Waals surface area contributed by atoms with Crippen LogP contribution in [0, 0.1) is 0 Å². The number of fused-ring (bicyclic) bond motifs is 1. The zero-order valence-corrected chi connectivity index (χ0v) is 10.8. The first-order chi connectivity index (χ1) is 8.81. The van der Waals surface area contributed by atoms with Crippen molar-refractivity contribution in [3.8, 4) is 0 Å². The van der Waals surface area contributed by atoms with E-state index < -0.39 is 0 Å². The first-order valence-electron chi connectivity index (χ1n) is 5.85. The number of nitrogens with one attached hydrogen (secondary N) is 2. The van der Waals surface area contributed by atoms with Crippen molar-refractivity contribution < 1.29 is 4.79 Å². The molecule has 2 N–H and O–H groups in total. The maximum absolute atomic E-state index is 12.6. The highest BCUT2D eigenvalue weighted by molar-refractivity contribution is 7.10. The average Bonchev–Trinajstić information content (AvgIpc) is 3.01. The van der Waals surface area contributed by atoms with E-state index in [0.717, 1.165) is 22.8 Å². The van der Waals surface area contributed by atoms with E-state index >= 15 is 0 Å². The number of H-pyrrole nitrogens is 1. The Balaban J connectivity index is 1.99. The van der Waals surface area contributed by atoms with Crippen LogP contribution in [0.25, 0.3) is 0 Å². The van der Waals surface area contributed by atoms with Gasteiger partial charge in [-0.1, -0.05) is 0 Å². The Labute approximate surface area is 109 Å². The van der Waals surface area contributed by atoms with Crippen LogP contribution in [0.4, 0.5) is 5.82 Å². The van der Waals surface area contributed by atoms with E-state index in [0.29, 0.717) is 6.54 Å². The zero-order chi connectivity index (χ0) is 12.5. The van der Waals surface area contributed by atoms with Crippen LogP contribution in [0.2, 0.25) is 0 Å². The fourth-order valence-electron chi connectivity index (χ4n) is 2.28. The van der Waals surface area contributed by atoms with E-state index in [1.165, 1.54) is 0 Å². The first-order valence-corrected chi connectivity index (χ1v) is 6.73. The van der Waals surface area contributed by atoms with Gasteiger partial charge in [-0.25, -0.2) is 4.98 Å². The van der Waals surface area contributed by atoms with Crippen molar-refractivity contribution in [3.63, 3.8) is 0 Å². The summed E-state index contributed by atoms with van der Waals surface area (Å²) >= 11 is 1.54. The van der Waals surface area contributed by atoms with Crippen molar-refractivity contribution >= 4 is 23.1 Å². The second kappa shape index (κ2) is 4.55. The van der Waals surface area contributed by atoms with Crippen LogP contribution in [-0.4, -0.2) is 29.5 Å². The van der Waals surface area contributed by atoms with Crippen LogP contribution in [0.3, 0.4) is 0 Å². The Morgan fingerprint density at radius 1 is 1.61 bits per heavy atom. The van der Waals surface area contributed by atoms with E-state index in [2.05, 4.69) is 15.3 Å². The number of carbonyl (C=O) groups excluding carboxylic acids is 1. The molecule has 0 radical (unpaired) electrons. The molecule has 0 aliphatic carbocycles. The third kappa shape index (κ3) is 1.74. The summed E-state index contributed by atoms with van der Waals surface area (Å²) in [4.78, 5) is 22.8. The van der Waals surface area contributed by atoms with Gasteiger partial charge in [0.2, 0.25) is 0 Å². The van der Waals surface area contributed by atoms with E-state index in [1.54, 1.807) is 16.2 Å². The highest BCUT2D eigenvalue weighted by Crippen LogP contribution is 2.29. The number of thiazole rings is 1. The van der Waals surface area contributed by atoms with Crippen LogP contribution in [0.5, 0.6) is 0 Å². The van der Waals surface area contributed by atoms with Crippen molar-refractivity contribution in [1.29, 1.82) is 0 Å². The number of hydrogen-bond acceptors (Lipinski definition) is 4. The van der Waals surface area contributed by atoms with E-state index in [9.17, 15) is 4.79 Å². The molecule has 0 bridgehead atoms. The molecule has 18 heavy (non-hydrogen) atoms. The van der Waals surface area contributed by atoms with Gasteiger partial charge in [0.15, 0.2) is 0 Å². The van der Waals surface area contributed by atoms with E-state index in [4.69, 9.17) is 0 Å². The number of hydrogen-bond donors (Lipinski definition) is 2. The molecule has 3 rings (SSSR count). The lowest BCUT2D eigenvalue weighted by Crippen LogP contribution is -2.39. The fraction of sp³-hybridized carbons (Fsp3) is 0.333. The quantitative estimate of drug-likeness (QED) is 0.858. The third-order valence-electron chi connectivity index (χ3n) is 3.18. The molecule has 3 heterocycles. The smallest absolute Gasteiger partial charge is 0.250 e. The number of nitrogens with zero attached hydrogens (tertiary/aromatic N) is 2. The molecule has 5 nitrogen and oxygen atoms in total. The largest absolute Gasteiger partial charge is 0.348 e. The molecule has 0 saturated carbocycles. The molecule has 0 spiro atoms. The summed E-state index contributed by atoms with van der Waals surface area (Å²) in [7, 11) is 1.81. The highest BCUT2D eigenvalue weighted by atomic mass is 32.1. The van der Waals surface area contributed by atoms with Gasteiger partial charge in [0.05, 0.1) is 16.1 Å². The molecule has 6 heteroatoms. The molecule has 1 aliphatic heterocycles. The van der Waals surface area contributed by atoms with Gasteiger partial charge in [0.1, 0.15) is 11.9 Å². The molecule has 1 amide bonds. The summed E-state index contributed by atoms with van der Waals surface area (Å²) < 4.78 is 0. The van der Waals surface area contributed by atoms with Crippen LogP contribution in [-0.2, 0) is 11.2 Å². The molecule has 94 valence electrons. The van der Waals surface area contributed by atoms with E-state index in [-0.39, 0.29) is 11.9 Å². The predicted octanol–water partition coefficient (Wildman–Crippen LogP) is 1.32. The van der Waals surface area contributed by atoms with Crippen LogP contribution in [0.15, 0.2) is 23.8 Å². The lowest BCUT2D eigenvalue weighted by Gasteiger charge is -2.22. The molecule has 1 atom stereocenters. The molecule has 1 unspecified atom stereocenters. The summed E-state index contributed by atoms with van der Waals surface area (Å²) in [5.74, 6) is 0.915. The lowest BCUT2D eigenvalue weighted by atomic mass is 10.2. The molecule has 0 aromatic carbocycles. The zero-order valence-electron chi connectivity index (χ0n) is 10.0. The first kappa shape index (κ1) is 11.4. The number of rotatable bonds is 2. The highest BCUT2D eigenvalue weighted by Gasteiger charge is 2.32. The number of likely N-dealkylation sites (N-methyl/N-ethyl adjacent to an activating group) is 1. The Bertz CT molecular complexity index is 548. The molecular weight excluding hydrogens is 248 g/mol. The fourth-order valence-corrected chi connectivity index (χ4v) is 3.22. The minimum absolute atomic E-state index is 0.0722. The van der Waals surface area contributed by atoms with Gasteiger partial charge in [-0.2, -0.15) is 0 Å². The second-order valence-electron chi connectivity index (χ2n) is 4.18. The molecule has 1 aliphatic rings. The minimum Gasteiger partial charge on any atom is -0.348 e. The molecule has 0 saturated heterocycles. The van der Waals surface area contributed by atoms with Crippen LogP contribution in [0.1, 0.15) is 16.6 Å². The number of amides is 1. The van der Waals surface area contributed by atoms with Crippen molar-refractivity contribution in [3.05, 3.63) is 34.4 Å². The number of aromatic nitrogens is 2. The molecular formula is C12H14N4OS. The second-order valence-corrected chi connectivity index (χ2v) is 5.07. The number of aromatic amines is 1. The Morgan fingerprint density at radius 3 is 3.22 bits per heavy atom. The van der Waals surface area contributed by atoms with Gasteiger partial charge in [0.25, 0.3) is 5.91 Å². The average molecular weight is 262 g/mol. The summed E-state index contributed by atoms with van der Waals surface area (Å²) in [6.45, 7) is 0.661. The van der Waals surface area contributed by atoms with Gasteiger partial charge >= 0.3 is 0 Å². The number of carbonyl (C=O) groups is 1. The van der Waals surface area contributed by atoms with Crippen molar-refractivity contribution in [2.45, 2.75) is 12.5 Å². The van der Waals surface area contributed by atoms with Crippen molar-refractivity contribution in [1.82, 2.24) is 15.3 Å². The van der Waals surface area contributed by atoms with Gasteiger partial charge in [0, 0.05) is 19.2 Å². The maximum Gasteiger partial charge on any atom is 0.250 e. The Hall–Kier alpha value is -1.66. The van der Waals surface area contributed by atoms with Gasteiger partial charge < -0.3 is 10.3 Å². The van der Waals surface area contributed by atoms with Crippen molar-refractivity contribution in [2.24, 2.45) is 0 Å². The van der Waals surface area contributed by atoms with Gasteiger partial charge in [-0.15, -0.1) is 11.3 Å². The maximum atomic E-state index is 12.6. The summed E-state index contributed by atoms with van der Waals surface area (Å²) in [5.41, 5.74) is 2.84. The van der Waals surface area contributed by atoms with Gasteiger partial charge in [-0.3, -0.25) is 9.69 Å². The predicted molar refractivity (Wildman–Crippen MR) is 70.8 cm³/mol. The standard InChI is InChI=1S/C12H14N4OS/c1-13-10-11-8(15-7-18-11)4-6-16(12(10)17)9-3-2-5-14-9/h2-3,5,7,10,13-14H,4,6H2,1H3. The number of anilines is 1. The van der Waals surface area contributed by atoms with E-state index in [1.807, 2.05) is 30.9 Å². The molecule has 2 aromatic heterocycles.